The number of nitrogens with zero attached hydrogens (tertiary/aromatic N) is 4. The van der Waals surface area contributed by atoms with E-state index in [2.05, 4.69) is 10.4 Å². The van der Waals surface area contributed by atoms with E-state index < -0.39 is 0 Å². The van der Waals surface area contributed by atoms with E-state index in [-0.39, 0.29) is 5.91 Å². The molecule has 0 aliphatic rings. The van der Waals surface area contributed by atoms with Crippen LogP contribution in [0.3, 0.4) is 0 Å². The third-order valence-corrected chi connectivity index (χ3v) is 6.27. The molecule has 0 atom stereocenters. The summed E-state index contributed by atoms with van der Waals surface area (Å²) in [5.74, 6) is 0.904. The highest BCUT2D eigenvalue weighted by Gasteiger charge is 2.19. The molecule has 0 spiro atoms. The number of benzene rings is 3. The van der Waals surface area contributed by atoms with Crippen LogP contribution in [0.15, 0.2) is 72.8 Å². The largest absolute Gasteiger partial charge is 0.306 e. The zero-order valence-corrected chi connectivity index (χ0v) is 20.1. The summed E-state index contributed by atoms with van der Waals surface area (Å²) in [6, 6.07) is 22.7. The van der Waals surface area contributed by atoms with Gasteiger partial charge < -0.3 is 9.88 Å². The number of aryl methyl sites for hydroxylation is 2. The highest BCUT2D eigenvalue weighted by molar-refractivity contribution is 6.42. The molecule has 2 aromatic heterocycles. The molecule has 0 radical (unpaired) electrons. The molecule has 0 aliphatic heterocycles. The lowest BCUT2D eigenvalue weighted by molar-refractivity contribution is 0.102. The van der Waals surface area contributed by atoms with Crippen LogP contribution < -0.4 is 5.32 Å². The Morgan fingerprint density at radius 3 is 2.47 bits per heavy atom. The van der Waals surface area contributed by atoms with Gasteiger partial charge in [0.1, 0.15) is 5.82 Å². The van der Waals surface area contributed by atoms with Gasteiger partial charge in [0.2, 0.25) is 5.95 Å². The number of hydrogen-bond donors (Lipinski definition) is 1. The van der Waals surface area contributed by atoms with Gasteiger partial charge in [0, 0.05) is 11.6 Å². The molecular formula is C26H21Cl2N5O. The minimum absolute atomic E-state index is 0.215. The standard InChI is InChI=1S/C26H21Cl2N5O/c1-16-7-10-19(11-8-16)25(34)30-24-13-17(2)31-33(24)26-29-22-5-3-4-6-23(22)32(26)15-18-9-12-20(27)21(28)14-18/h3-14H,15H2,1-2H3,(H,30,34). The van der Waals surface area contributed by atoms with Crippen LogP contribution >= 0.6 is 23.2 Å². The van der Waals surface area contributed by atoms with Gasteiger partial charge in [-0.1, -0.05) is 59.1 Å². The molecule has 6 nitrogen and oxygen atoms in total. The number of halogens is 2. The molecule has 170 valence electrons. The van der Waals surface area contributed by atoms with Crippen LogP contribution in [0.4, 0.5) is 5.82 Å². The van der Waals surface area contributed by atoms with Crippen molar-refractivity contribution >= 4 is 46.0 Å². The molecule has 0 saturated heterocycles. The normalized spacial score (nSPS) is 11.2. The Balaban J connectivity index is 1.58. The number of carbonyl (C=O) groups excluding carboxylic acids is 1. The highest BCUT2D eigenvalue weighted by Crippen LogP contribution is 2.27. The Hall–Kier alpha value is -3.61. The second-order valence-corrected chi connectivity index (χ2v) is 8.95. The first-order valence-corrected chi connectivity index (χ1v) is 11.5. The summed E-state index contributed by atoms with van der Waals surface area (Å²) in [6.07, 6.45) is 0. The summed E-state index contributed by atoms with van der Waals surface area (Å²) in [7, 11) is 0. The van der Waals surface area contributed by atoms with E-state index in [1.165, 1.54) is 0 Å². The monoisotopic (exact) mass is 489 g/mol. The Labute approximate surface area is 206 Å². The second-order valence-electron chi connectivity index (χ2n) is 8.14. The van der Waals surface area contributed by atoms with E-state index in [4.69, 9.17) is 28.2 Å². The summed E-state index contributed by atoms with van der Waals surface area (Å²) >= 11 is 12.4. The SMILES string of the molecule is Cc1ccc(C(=O)Nc2cc(C)nn2-c2nc3ccccc3n2Cc2ccc(Cl)c(Cl)c2)cc1. The molecule has 2 heterocycles. The predicted molar refractivity (Wildman–Crippen MR) is 136 cm³/mol. The van der Waals surface area contributed by atoms with E-state index in [1.54, 1.807) is 22.9 Å². The molecule has 3 aromatic carbocycles. The average Bonchev–Trinajstić information content (AvgIpc) is 3.36. The van der Waals surface area contributed by atoms with E-state index >= 15 is 0 Å². The maximum absolute atomic E-state index is 12.9. The predicted octanol–water partition coefficient (Wildman–Crippen LogP) is 6.45. The third-order valence-electron chi connectivity index (χ3n) is 5.54. The first-order chi connectivity index (χ1) is 16.4. The van der Waals surface area contributed by atoms with Crippen LogP contribution in [0.2, 0.25) is 10.0 Å². The fourth-order valence-electron chi connectivity index (χ4n) is 3.84. The summed E-state index contributed by atoms with van der Waals surface area (Å²) < 4.78 is 3.71. The number of amides is 1. The van der Waals surface area contributed by atoms with E-state index in [0.717, 1.165) is 27.9 Å². The first-order valence-electron chi connectivity index (χ1n) is 10.7. The van der Waals surface area contributed by atoms with Crippen molar-refractivity contribution in [3.05, 3.63) is 105 Å². The molecular weight excluding hydrogens is 469 g/mol. The van der Waals surface area contributed by atoms with Crippen LogP contribution in [0.1, 0.15) is 27.2 Å². The molecule has 0 aliphatic carbocycles. The number of anilines is 1. The van der Waals surface area contributed by atoms with Gasteiger partial charge in [0.05, 0.1) is 33.3 Å². The molecule has 1 N–H and O–H groups in total. The topological polar surface area (TPSA) is 64.7 Å². The van der Waals surface area contributed by atoms with E-state index in [1.807, 2.05) is 73.0 Å². The molecule has 0 fully saturated rings. The number of hydrogen-bond acceptors (Lipinski definition) is 3. The maximum Gasteiger partial charge on any atom is 0.256 e. The van der Waals surface area contributed by atoms with Gasteiger partial charge in [0.15, 0.2) is 0 Å². The zero-order valence-electron chi connectivity index (χ0n) is 18.6. The maximum atomic E-state index is 12.9. The van der Waals surface area contributed by atoms with Crippen molar-refractivity contribution in [3.8, 4) is 5.95 Å². The number of imidazole rings is 1. The van der Waals surface area contributed by atoms with Crippen LogP contribution in [0, 0.1) is 13.8 Å². The van der Waals surface area contributed by atoms with Crippen molar-refractivity contribution < 1.29 is 4.79 Å². The van der Waals surface area contributed by atoms with Gasteiger partial charge in [-0.15, -0.1) is 0 Å². The molecule has 8 heteroatoms. The lowest BCUT2D eigenvalue weighted by atomic mass is 10.1. The van der Waals surface area contributed by atoms with Crippen molar-refractivity contribution in [2.24, 2.45) is 0 Å². The summed E-state index contributed by atoms with van der Waals surface area (Å²) in [5.41, 5.74) is 5.14. The Kier molecular flexibility index (Phi) is 5.86. The van der Waals surface area contributed by atoms with Crippen molar-refractivity contribution in [2.45, 2.75) is 20.4 Å². The third kappa shape index (κ3) is 4.30. The molecule has 5 rings (SSSR count). The fourth-order valence-corrected chi connectivity index (χ4v) is 4.16. The van der Waals surface area contributed by atoms with E-state index in [0.29, 0.717) is 33.9 Å². The number of nitrogens with one attached hydrogen (secondary N) is 1. The molecule has 5 aromatic rings. The van der Waals surface area contributed by atoms with Gasteiger partial charge >= 0.3 is 0 Å². The van der Waals surface area contributed by atoms with Gasteiger partial charge in [-0.05, 0) is 55.8 Å². The lowest BCUT2D eigenvalue weighted by Crippen LogP contribution is -2.17. The molecule has 0 unspecified atom stereocenters. The molecule has 0 saturated carbocycles. The Bertz CT molecular complexity index is 1520. The number of carbonyl (C=O) groups is 1. The quantitative estimate of drug-likeness (QED) is 0.308. The van der Waals surface area contributed by atoms with Crippen molar-refractivity contribution in [2.75, 3.05) is 5.32 Å². The number of para-hydroxylation sites is 2. The first kappa shape index (κ1) is 22.2. The molecule has 0 bridgehead atoms. The smallest absolute Gasteiger partial charge is 0.256 e. The van der Waals surface area contributed by atoms with Crippen molar-refractivity contribution in [1.82, 2.24) is 19.3 Å². The van der Waals surface area contributed by atoms with Crippen molar-refractivity contribution in [1.29, 1.82) is 0 Å². The number of fused-ring (bicyclic) bond motifs is 1. The zero-order chi connectivity index (χ0) is 23.8. The Morgan fingerprint density at radius 2 is 1.71 bits per heavy atom. The second kappa shape index (κ2) is 8.97. The summed E-state index contributed by atoms with van der Waals surface area (Å²) in [5, 5.41) is 8.63. The number of rotatable bonds is 5. The van der Waals surface area contributed by atoms with Crippen LogP contribution in [-0.2, 0) is 6.54 Å². The average molecular weight is 490 g/mol. The minimum atomic E-state index is -0.215. The van der Waals surface area contributed by atoms with Crippen LogP contribution in [0.5, 0.6) is 0 Å². The van der Waals surface area contributed by atoms with Gasteiger partial charge in [0.25, 0.3) is 5.91 Å². The fraction of sp³-hybridized carbons (Fsp3) is 0.115. The number of aromatic nitrogens is 4. The molecule has 34 heavy (non-hydrogen) atoms. The summed E-state index contributed by atoms with van der Waals surface area (Å²) in [6.45, 7) is 4.36. The van der Waals surface area contributed by atoms with Gasteiger partial charge in [-0.2, -0.15) is 9.78 Å². The van der Waals surface area contributed by atoms with Gasteiger partial charge in [-0.25, -0.2) is 4.98 Å². The van der Waals surface area contributed by atoms with E-state index in [9.17, 15) is 4.79 Å². The highest BCUT2D eigenvalue weighted by atomic mass is 35.5. The van der Waals surface area contributed by atoms with Crippen LogP contribution in [0.25, 0.3) is 17.0 Å². The summed E-state index contributed by atoms with van der Waals surface area (Å²) in [4.78, 5) is 17.8. The Morgan fingerprint density at radius 1 is 0.941 bits per heavy atom. The minimum Gasteiger partial charge on any atom is -0.306 e. The lowest BCUT2D eigenvalue weighted by Gasteiger charge is -2.13. The van der Waals surface area contributed by atoms with Crippen molar-refractivity contribution in [3.63, 3.8) is 0 Å². The van der Waals surface area contributed by atoms with Gasteiger partial charge in [-0.3, -0.25) is 4.79 Å². The molecule has 1 amide bonds. The van der Waals surface area contributed by atoms with Crippen LogP contribution in [-0.4, -0.2) is 25.2 Å².